The van der Waals surface area contributed by atoms with E-state index in [0.29, 0.717) is 22.6 Å². The number of carbonyl (C=O) groups is 2. The van der Waals surface area contributed by atoms with E-state index in [2.05, 4.69) is 10.6 Å². The molecule has 0 spiro atoms. The predicted octanol–water partition coefficient (Wildman–Crippen LogP) is 4.02. The molecule has 0 atom stereocenters. The zero-order valence-corrected chi connectivity index (χ0v) is 15.2. The van der Waals surface area contributed by atoms with Gasteiger partial charge in [-0.3, -0.25) is 9.59 Å². The summed E-state index contributed by atoms with van der Waals surface area (Å²) in [6.07, 6.45) is 0. The second kappa shape index (κ2) is 8.81. The first-order valence-corrected chi connectivity index (χ1v) is 8.63. The normalized spacial score (nSPS) is 10.2. The number of hydrogen-bond donors (Lipinski definition) is 2. The monoisotopic (exact) mass is 378 g/mol. The van der Waals surface area contributed by atoms with Gasteiger partial charge >= 0.3 is 0 Å². The van der Waals surface area contributed by atoms with E-state index in [1.54, 1.807) is 61.7 Å². The fourth-order valence-corrected chi connectivity index (χ4v) is 2.59. The Bertz CT molecular complexity index is 987. The average Bonchev–Trinajstić information content (AvgIpc) is 2.73. The third-order valence-corrected chi connectivity index (χ3v) is 4.08. The van der Waals surface area contributed by atoms with Crippen molar-refractivity contribution >= 4 is 17.5 Å². The van der Waals surface area contributed by atoms with E-state index in [-0.39, 0.29) is 24.2 Å². The largest absolute Gasteiger partial charge is 0.497 e. The quantitative estimate of drug-likeness (QED) is 0.681. The minimum atomic E-state index is -0.332. The van der Waals surface area contributed by atoms with E-state index >= 15 is 0 Å². The van der Waals surface area contributed by atoms with Crippen LogP contribution < -0.4 is 15.4 Å². The zero-order valence-electron chi connectivity index (χ0n) is 15.2. The van der Waals surface area contributed by atoms with E-state index < -0.39 is 0 Å². The van der Waals surface area contributed by atoms with Crippen LogP contribution in [0.4, 0.5) is 10.1 Å². The maximum absolute atomic E-state index is 12.9. The second-order valence-electron chi connectivity index (χ2n) is 6.08. The third kappa shape index (κ3) is 4.94. The summed E-state index contributed by atoms with van der Waals surface area (Å²) in [4.78, 5) is 24.8. The van der Waals surface area contributed by atoms with Crippen molar-refractivity contribution in [2.45, 2.75) is 6.54 Å². The topological polar surface area (TPSA) is 67.4 Å². The summed E-state index contributed by atoms with van der Waals surface area (Å²) in [5.41, 5.74) is 2.09. The van der Waals surface area contributed by atoms with Crippen molar-refractivity contribution in [1.82, 2.24) is 5.32 Å². The Balaban J connectivity index is 1.65. The van der Waals surface area contributed by atoms with Crippen LogP contribution in [0.2, 0.25) is 0 Å². The molecule has 0 fully saturated rings. The lowest BCUT2D eigenvalue weighted by Crippen LogP contribution is -2.23. The summed E-state index contributed by atoms with van der Waals surface area (Å²) in [6, 6.07) is 19.3. The van der Waals surface area contributed by atoms with Crippen LogP contribution in [0.3, 0.4) is 0 Å². The van der Waals surface area contributed by atoms with Crippen molar-refractivity contribution in [2.24, 2.45) is 0 Å². The van der Waals surface area contributed by atoms with Gasteiger partial charge in [0.25, 0.3) is 11.8 Å². The number of amides is 2. The van der Waals surface area contributed by atoms with Gasteiger partial charge in [-0.2, -0.15) is 0 Å². The molecule has 3 aromatic carbocycles. The van der Waals surface area contributed by atoms with Gasteiger partial charge < -0.3 is 15.4 Å². The first kappa shape index (κ1) is 19.1. The summed E-state index contributed by atoms with van der Waals surface area (Å²) in [5.74, 6) is -0.349. The fraction of sp³-hybridized carbons (Fsp3) is 0.0909. The molecule has 0 aliphatic heterocycles. The molecule has 0 aliphatic carbocycles. The molecule has 5 nitrogen and oxygen atoms in total. The Morgan fingerprint density at radius 2 is 1.57 bits per heavy atom. The standard InChI is InChI=1S/C22H19FN2O3/c1-28-20-7-3-6-19(13-20)25-22(27)17-5-2-4-16(12-17)21(26)24-14-15-8-10-18(23)11-9-15/h2-13H,14H2,1H3,(H,24,26)(H,25,27). The summed E-state index contributed by atoms with van der Waals surface area (Å²) in [5, 5.41) is 5.53. The van der Waals surface area contributed by atoms with Crippen molar-refractivity contribution in [3.63, 3.8) is 0 Å². The van der Waals surface area contributed by atoms with Crippen LogP contribution in [0.1, 0.15) is 26.3 Å². The third-order valence-electron chi connectivity index (χ3n) is 4.08. The lowest BCUT2D eigenvalue weighted by molar-refractivity contribution is 0.0951. The van der Waals surface area contributed by atoms with Gasteiger partial charge in [0.05, 0.1) is 7.11 Å². The van der Waals surface area contributed by atoms with Crippen molar-refractivity contribution in [3.05, 3.63) is 95.3 Å². The molecular formula is C22H19FN2O3. The van der Waals surface area contributed by atoms with Crippen molar-refractivity contribution in [2.75, 3.05) is 12.4 Å². The summed E-state index contributed by atoms with van der Waals surface area (Å²) < 4.78 is 18.1. The Kier molecular flexibility index (Phi) is 6.01. The van der Waals surface area contributed by atoms with E-state index in [1.165, 1.54) is 18.2 Å². The molecule has 3 aromatic rings. The summed E-state index contributed by atoms with van der Waals surface area (Å²) in [6.45, 7) is 0.263. The molecule has 0 bridgehead atoms. The number of anilines is 1. The molecule has 0 saturated carbocycles. The van der Waals surface area contributed by atoms with Crippen molar-refractivity contribution in [1.29, 1.82) is 0 Å². The molecule has 0 aliphatic rings. The highest BCUT2D eigenvalue weighted by Crippen LogP contribution is 2.18. The summed E-state index contributed by atoms with van der Waals surface area (Å²) >= 11 is 0. The SMILES string of the molecule is COc1cccc(NC(=O)c2cccc(C(=O)NCc3ccc(F)cc3)c2)c1. The summed E-state index contributed by atoms with van der Waals surface area (Å²) in [7, 11) is 1.55. The maximum atomic E-state index is 12.9. The highest BCUT2D eigenvalue weighted by atomic mass is 19.1. The van der Waals surface area contributed by atoms with Gasteiger partial charge in [-0.15, -0.1) is 0 Å². The number of nitrogens with one attached hydrogen (secondary N) is 2. The number of halogens is 1. The molecule has 0 saturated heterocycles. The Morgan fingerprint density at radius 1 is 0.893 bits per heavy atom. The van der Waals surface area contributed by atoms with Gasteiger partial charge in [0, 0.05) is 29.4 Å². The van der Waals surface area contributed by atoms with Crippen molar-refractivity contribution in [3.8, 4) is 5.75 Å². The average molecular weight is 378 g/mol. The van der Waals surface area contributed by atoms with Gasteiger partial charge in [0.15, 0.2) is 0 Å². The number of carbonyl (C=O) groups excluding carboxylic acids is 2. The number of hydrogen-bond acceptors (Lipinski definition) is 3. The molecule has 0 heterocycles. The van der Waals surface area contributed by atoms with E-state index in [4.69, 9.17) is 4.74 Å². The fourth-order valence-electron chi connectivity index (χ4n) is 2.59. The van der Waals surface area contributed by atoms with E-state index in [1.807, 2.05) is 0 Å². The lowest BCUT2D eigenvalue weighted by atomic mass is 10.1. The van der Waals surface area contributed by atoms with Crippen LogP contribution in [-0.2, 0) is 6.54 Å². The lowest BCUT2D eigenvalue weighted by Gasteiger charge is -2.09. The van der Waals surface area contributed by atoms with Crippen LogP contribution in [0.25, 0.3) is 0 Å². The van der Waals surface area contributed by atoms with Crippen LogP contribution in [-0.4, -0.2) is 18.9 Å². The molecule has 0 radical (unpaired) electrons. The number of methoxy groups -OCH3 is 1. The van der Waals surface area contributed by atoms with Gasteiger partial charge in [0.2, 0.25) is 0 Å². The smallest absolute Gasteiger partial charge is 0.255 e. The number of rotatable bonds is 6. The first-order valence-electron chi connectivity index (χ1n) is 8.63. The highest BCUT2D eigenvalue weighted by Gasteiger charge is 2.11. The van der Waals surface area contributed by atoms with Crippen LogP contribution in [0.15, 0.2) is 72.8 Å². The number of benzene rings is 3. The maximum Gasteiger partial charge on any atom is 0.255 e. The van der Waals surface area contributed by atoms with Crippen molar-refractivity contribution < 1.29 is 18.7 Å². The molecule has 2 N–H and O–H groups in total. The molecule has 3 rings (SSSR count). The molecule has 28 heavy (non-hydrogen) atoms. The Morgan fingerprint density at radius 3 is 2.29 bits per heavy atom. The van der Waals surface area contributed by atoms with E-state index in [0.717, 1.165) is 5.56 Å². The van der Waals surface area contributed by atoms with Gasteiger partial charge in [-0.05, 0) is 48.0 Å². The van der Waals surface area contributed by atoms with Crippen LogP contribution in [0.5, 0.6) is 5.75 Å². The molecule has 0 aromatic heterocycles. The second-order valence-corrected chi connectivity index (χ2v) is 6.08. The molecule has 6 heteroatoms. The van der Waals surface area contributed by atoms with Gasteiger partial charge in [-0.25, -0.2) is 4.39 Å². The van der Waals surface area contributed by atoms with Crippen LogP contribution >= 0.6 is 0 Å². The van der Waals surface area contributed by atoms with E-state index in [9.17, 15) is 14.0 Å². The molecular weight excluding hydrogens is 359 g/mol. The first-order chi connectivity index (χ1) is 13.5. The predicted molar refractivity (Wildman–Crippen MR) is 105 cm³/mol. The zero-order chi connectivity index (χ0) is 19.9. The Hall–Kier alpha value is -3.67. The van der Waals surface area contributed by atoms with Crippen LogP contribution in [0, 0.1) is 5.82 Å². The minimum absolute atomic E-state index is 0.263. The van der Waals surface area contributed by atoms with Gasteiger partial charge in [-0.1, -0.05) is 24.3 Å². The van der Waals surface area contributed by atoms with Gasteiger partial charge in [0.1, 0.15) is 11.6 Å². The highest BCUT2D eigenvalue weighted by molar-refractivity contribution is 6.06. The molecule has 142 valence electrons. The minimum Gasteiger partial charge on any atom is -0.497 e. The Labute approximate surface area is 162 Å². The molecule has 2 amide bonds. The number of ether oxygens (including phenoxy) is 1. The molecule has 0 unspecified atom stereocenters.